The van der Waals surface area contributed by atoms with Crippen molar-refractivity contribution in [2.75, 3.05) is 13.1 Å². The van der Waals surface area contributed by atoms with Gasteiger partial charge >= 0.3 is 0 Å². The van der Waals surface area contributed by atoms with Crippen LogP contribution in [0, 0.1) is 0 Å². The Kier molecular flexibility index (Phi) is 5.35. The van der Waals surface area contributed by atoms with Gasteiger partial charge in [-0.3, -0.25) is 4.79 Å². The Bertz CT molecular complexity index is 413. The van der Waals surface area contributed by atoms with E-state index in [0.717, 1.165) is 10.0 Å². The first-order chi connectivity index (χ1) is 8.31. The van der Waals surface area contributed by atoms with Gasteiger partial charge in [0.1, 0.15) is 0 Å². The first-order valence-corrected chi connectivity index (χ1v) is 6.85. The maximum Gasteiger partial charge on any atom is 0.227 e. The molecule has 1 N–H and O–H groups in total. The summed E-state index contributed by atoms with van der Waals surface area (Å²) in [5, 5.41) is 9.78. The molecule has 0 aromatic heterocycles. The highest BCUT2D eigenvalue weighted by Crippen LogP contribution is 2.13. The van der Waals surface area contributed by atoms with Gasteiger partial charge in [0.25, 0.3) is 0 Å². The standard InChI is InChI=1S/C14H20BrNO2/c1-4-16(10-14(2,3)18)13(17)9-11-6-5-7-12(15)8-11/h5-8,18H,4,9-10H2,1-3H3. The minimum absolute atomic E-state index is 0.0396. The zero-order valence-electron chi connectivity index (χ0n) is 11.1. The fourth-order valence-electron chi connectivity index (χ4n) is 1.78. The minimum atomic E-state index is -0.858. The van der Waals surface area contributed by atoms with Crippen LogP contribution in [0.25, 0.3) is 0 Å². The van der Waals surface area contributed by atoms with Crippen molar-refractivity contribution in [2.45, 2.75) is 32.8 Å². The molecule has 0 heterocycles. The lowest BCUT2D eigenvalue weighted by atomic mass is 10.1. The van der Waals surface area contributed by atoms with Gasteiger partial charge in [0.05, 0.1) is 12.0 Å². The number of carbonyl (C=O) groups is 1. The van der Waals surface area contributed by atoms with E-state index in [1.165, 1.54) is 0 Å². The topological polar surface area (TPSA) is 40.5 Å². The van der Waals surface area contributed by atoms with Crippen LogP contribution < -0.4 is 0 Å². The molecule has 1 aromatic rings. The van der Waals surface area contributed by atoms with Gasteiger partial charge in [0.2, 0.25) is 5.91 Å². The van der Waals surface area contributed by atoms with Gasteiger partial charge < -0.3 is 10.0 Å². The number of halogens is 1. The Balaban J connectivity index is 2.68. The quantitative estimate of drug-likeness (QED) is 0.907. The Morgan fingerprint density at radius 2 is 2.11 bits per heavy atom. The predicted molar refractivity (Wildman–Crippen MR) is 76.4 cm³/mol. The van der Waals surface area contributed by atoms with E-state index in [9.17, 15) is 9.90 Å². The van der Waals surface area contributed by atoms with Crippen LogP contribution >= 0.6 is 15.9 Å². The van der Waals surface area contributed by atoms with Gasteiger partial charge in [-0.25, -0.2) is 0 Å². The van der Waals surface area contributed by atoms with Crippen LogP contribution in [-0.4, -0.2) is 34.6 Å². The number of nitrogens with zero attached hydrogens (tertiary/aromatic N) is 1. The van der Waals surface area contributed by atoms with Crippen LogP contribution in [0.4, 0.5) is 0 Å². The molecule has 0 bridgehead atoms. The molecule has 0 saturated carbocycles. The zero-order chi connectivity index (χ0) is 13.8. The molecule has 0 atom stereocenters. The van der Waals surface area contributed by atoms with Crippen LogP contribution in [0.1, 0.15) is 26.3 Å². The summed E-state index contributed by atoms with van der Waals surface area (Å²) >= 11 is 3.39. The van der Waals surface area contributed by atoms with Crippen molar-refractivity contribution in [3.05, 3.63) is 34.3 Å². The Labute approximate surface area is 117 Å². The molecule has 0 spiro atoms. The summed E-state index contributed by atoms with van der Waals surface area (Å²) in [7, 11) is 0. The van der Waals surface area contributed by atoms with Gasteiger partial charge in [-0.15, -0.1) is 0 Å². The molecule has 3 nitrogen and oxygen atoms in total. The van der Waals surface area contributed by atoms with Gasteiger partial charge in [0, 0.05) is 17.6 Å². The highest BCUT2D eigenvalue weighted by atomic mass is 79.9. The van der Waals surface area contributed by atoms with E-state index in [4.69, 9.17) is 0 Å². The minimum Gasteiger partial charge on any atom is -0.389 e. The largest absolute Gasteiger partial charge is 0.389 e. The molecule has 0 saturated heterocycles. The van der Waals surface area contributed by atoms with Crippen LogP contribution in [0.15, 0.2) is 28.7 Å². The average Bonchev–Trinajstić information content (AvgIpc) is 2.24. The first kappa shape index (κ1) is 15.2. The van der Waals surface area contributed by atoms with Crippen molar-refractivity contribution in [1.82, 2.24) is 4.90 Å². The monoisotopic (exact) mass is 313 g/mol. The molecule has 0 aliphatic rings. The number of amides is 1. The first-order valence-electron chi connectivity index (χ1n) is 6.06. The maximum atomic E-state index is 12.1. The molecule has 0 aliphatic heterocycles. The molecule has 4 heteroatoms. The van der Waals surface area contributed by atoms with Gasteiger partial charge in [0.15, 0.2) is 0 Å². The molecule has 0 unspecified atom stereocenters. The summed E-state index contributed by atoms with van der Waals surface area (Å²) in [5.74, 6) is 0.0396. The average molecular weight is 314 g/mol. The van der Waals surface area contributed by atoms with Crippen LogP contribution in [0.5, 0.6) is 0 Å². The summed E-state index contributed by atoms with van der Waals surface area (Å²) < 4.78 is 0.971. The van der Waals surface area contributed by atoms with E-state index in [2.05, 4.69) is 15.9 Å². The van der Waals surface area contributed by atoms with E-state index < -0.39 is 5.60 Å². The molecule has 1 rings (SSSR count). The third-order valence-corrected chi connectivity index (χ3v) is 3.05. The fourth-order valence-corrected chi connectivity index (χ4v) is 2.22. The lowest BCUT2D eigenvalue weighted by Crippen LogP contribution is -2.42. The van der Waals surface area contributed by atoms with E-state index >= 15 is 0 Å². The zero-order valence-corrected chi connectivity index (χ0v) is 12.7. The van der Waals surface area contributed by atoms with Crippen LogP contribution in [0.3, 0.4) is 0 Å². The summed E-state index contributed by atoms with van der Waals surface area (Å²) in [6.07, 6.45) is 0.364. The molecule has 0 fully saturated rings. The number of hydrogen-bond acceptors (Lipinski definition) is 2. The number of likely N-dealkylation sites (N-methyl/N-ethyl adjacent to an activating group) is 1. The summed E-state index contributed by atoms with van der Waals surface area (Å²) in [5.41, 5.74) is 0.117. The Hall–Kier alpha value is -0.870. The fraction of sp³-hybridized carbons (Fsp3) is 0.500. The Morgan fingerprint density at radius 1 is 1.44 bits per heavy atom. The maximum absolute atomic E-state index is 12.1. The second-order valence-electron chi connectivity index (χ2n) is 5.03. The van der Waals surface area contributed by atoms with Crippen LogP contribution in [0.2, 0.25) is 0 Å². The number of hydrogen-bond donors (Lipinski definition) is 1. The van der Waals surface area contributed by atoms with E-state index in [-0.39, 0.29) is 5.91 Å². The molecular formula is C14H20BrNO2. The molecule has 1 aromatic carbocycles. The van der Waals surface area contributed by atoms with Crippen molar-refractivity contribution in [2.24, 2.45) is 0 Å². The number of aliphatic hydroxyl groups is 1. The van der Waals surface area contributed by atoms with E-state index in [1.807, 2.05) is 31.2 Å². The third-order valence-electron chi connectivity index (χ3n) is 2.56. The lowest BCUT2D eigenvalue weighted by Gasteiger charge is -2.28. The number of rotatable bonds is 5. The van der Waals surface area contributed by atoms with E-state index in [0.29, 0.717) is 19.5 Å². The molecule has 1 amide bonds. The SMILES string of the molecule is CCN(CC(C)(C)O)C(=O)Cc1cccc(Br)c1. The molecule has 100 valence electrons. The summed E-state index contributed by atoms with van der Waals surface area (Å²) in [6, 6.07) is 7.72. The highest BCUT2D eigenvalue weighted by Gasteiger charge is 2.21. The van der Waals surface area contributed by atoms with Crippen molar-refractivity contribution in [3.8, 4) is 0 Å². The second-order valence-corrected chi connectivity index (χ2v) is 5.94. The molecule has 18 heavy (non-hydrogen) atoms. The summed E-state index contributed by atoms with van der Waals surface area (Å²) in [6.45, 7) is 6.31. The predicted octanol–water partition coefficient (Wildman–Crippen LogP) is 2.61. The molecule has 0 aliphatic carbocycles. The third kappa shape index (κ3) is 5.19. The smallest absolute Gasteiger partial charge is 0.227 e. The van der Waals surface area contributed by atoms with Gasteiger partial charge in [-0.05, 0) is 38.5 Å². The van der Waals surface area contributed by atoms with Gasteiger partial charge in [-0.1, -0.05) is 28.1 Å². The van der Waals surface area contributed by atoms with Crippen molar-refractivity contribution in [3.63, 3.8) is 0 Å². The van der Waals surface area contributed by atoms with Crippen molar-refractivity contribution >= 4 is 21.8 Å². The lowest BCUT2D eigenvalue weighted by molar-refractivity contribution is -0.133. The van der Waals surface area contributed by atoms with Crippen LogP contribution in [-0.2, 0) is 11.2 Å². The summed E-state index contributed by atoms with van der Waals surface area (Å²) in [4.78, 5) is 13.8. The highest BCUT2D eigenvalue weighted by molar-refractivity contribution is 9.10. The van der Waals surface area contributed by atoms with Gasteiger partial charge in [-0.2, -0.15) is 0 Å². The molecular weight excluding hydrogens is 294 g/mol. The van der Waals surface area contributed by atoms with Crippen molar-refractivity contribution < 1.29 is 9.90 Å². The molecule has 0 radical (unpaired) electrons. The Morgan fingerprint density at radius 3 is 2.61 bits per heavy atom. The van der Waals surface area contributed by atoms with E-state index in [1.54, 1.807) is 18.7 Å². The second kappa shape index (κ2) is 6.34. The normalized spacial score (nSPS) is 11.4. The van der Waals surface area contributed by atoms with Crippen molar-refractivity contribution in [1.29, 1.82) is 0 Å². The number of benzene rings is 1. The number of carbonyl (C=O) groups excluding carboxylic acids is 1.